The summed E-state index contributed by atoms with van der Waals surface area (Å²) >= 11 is 0. The van der Waals surface area contributed by atoms with Crippen molar-refractivity contribution in [3.63, 3.8) is 0 Å². The number of hydrogen-bond acceptors (Lipinski definition) is 2. The maximum absolute atomic E-state index is 11.5. The molecule has 2 heterocycles. The Bertz CT molecular complexity index is 782. The molecule has 0 aliphatic rings. The average molecular weight is 285 g/mol. The number of nitrogens with one attached hydrogen (secondary N) is 3. The topological polar surface area (TPSA) is 73.7 Å². The predicted molar refractivity (Wildman–Crippen MR) is 82.9 cm³/mol. The van der Waals surface area contributed by atoms with Gasteiger partial charge in [0.2, 0.25) is 0 Å². The zero-order valence-electron chi connectivity index (χ0n) is 12.0. The number of unbranched alkanes of at least 4 members (excludes halogenated alkanes) is 1. The van der Waals surface area contributed by atoms with E-state index in [1.54, 1.807) is 0 Å². The third-order valence-electron chi connectivity index (χ3n) is 3.60. The minimum atomic E-state index is -0.122. The monoisotopic (exact) mass is 285 g/mol. The van der Waals surface area contributed by atoms with E-state index in [9.17, 15) is 4.79 Å². The lowest BCUT2D eigenvalue weighted by Gasteiger charge is -2.10. The number of aromatic amines is 3. The fourth-order valence-corrected chi connectivity index (χ4v) is 2.43. The molecule has 110 valence electrons. The third-order valence-corrected chi connectivity index (χ3v) is 3.60. The largest absolute Gasteiger partial charge is 0.493 e. The van der Waals surface area contributed by atoms with Crippen LogP contribution in [0, 0.1) is 0 Å². The van der Waals surface area contributed by atoms with Gasteiger partial charge in [0, 0.05) is 12.6 Å². The zero-order chi connectivity index (χ0) is 14.7. The second-order valence-electron chi connectivity index (χ2n) is 5.13. The smallest absolute Gasteiger partial charge is 0.288 e. The van der Waals surface area contributed by atoms with Crippen LogP contribution in [-0.2, 0) is 6.42 Å². The number of benzene rings is 1. The quantitative estimate of drug-likeness (QED) is 0.609. The number of aromatic nitrogens is 3. The summed E-state index contributed by atoms with van der Waals surface area (Å²) in [4.78, 5) is 14.6. The molecule has 2 aromatic heterocycles. The number of para-hydroxylation sites is 1. The summed E-state index contributed by atoms with van der Waals surface area (Å²) in [6, 6.07) is 8.04. The van der Waals surface area contributed by atoms with Crippen molar-refractivity contribution in [1.29, 1.82) is 0 Å². The van der Waals surface area contributed by atoms with Gasteiger partial charge in [0.1, 0.15) is 11.3 Å². The zero-order valence-corrected chi connectivity index (χ0v) is 12.0. The van der Waals surface area contributed by atoms with E-state index in [0.717, 1.165) is 48.3 Å². The van der Waals surface area contributed by atoms with Gasteiger partial charge >= 0.3 is 0 Å². The maximum atomic E-state index is 11.5. The lowest BCUT2D eigenvalue weighted by atomic mass is 10.1. The summed E-state index contributed by atoms with van der Waals surface area (Å²) < 4.78 is 5.85. The van der Waals surface area contributed by atoms with Gasteiger partial charge in [0.15, 0.2) is 0 Å². The number of rotatable bonds is 6. The van der Waals surface area contributed by atoms with Crippen LogP contribution in [0.15, 0.2) is 35.3 Å². The highest BCUT2D eigenvalue weighted by Gasteiger charge is 2.11. The van der Waals surface area contributed by atoms with Crippen molar-refractivity contribution in [2.24, 2.45) is 0 Å². The van der Waals surface area contributed by atoms with Crippen LogP contribution < -0.4 is 10.3 Å². The standard InChI is InChI=1S/C16H19N3O2/c1-2-3-8-21-13-7-5-4-6-11(13)9-12-10-17-15-14(12)18-19-16(15)20/h4-7,10,17H,2-3,8-9H2,1H3,(H2,18,19,20). The first-order chi connectivity index (χ1) is 10.3. The van der Waals surface area contributed by atoms with Crippen LogP contribution in [0.25, 0.3) is 11.0 Å². The highest BCUT2D eigenvalue weighted by Crippen LogP contribution is 2.24. The van der Waals surface area contributed by atoms with Crippen molar-refractivity contribution in [2.75, 3.05) is 6.61 Å². The van der Waals surface area contributed by atoms with Crippen molar-refractivity contribution in [2.45, 2.75) is 26.2 Å². The lowest BCUT2D eigenvalue weighted by Crippen LogP contribution is -2.00. The Kier molecular flexibility index (Phi) is 3.81. The molecule has 0 atom stereocenters. The van der Waals surface area contributed by atoms with E-state index in [1.165, 1.54) is 0 Å². The Labute approximate surface area is 122 Å². The number of H-pyrrole nitrogens is 3. The Morgan fingerprint density at radius 1 is 1.10 bits per heavy atom. The molecule has 0 amide bonds. The summed E-state index contributed by atoms with van der Waals surface area (Å²) in [5, 5.41) is 5.52. The molecule has 0 spiro atoms. The van der Waals surface area contributed by atoms with Crippen molar-refractivity contribution in [3.05, 3.63) is 51.9 Å². The van der Waals surface area contributed by atoms with Gasteiger partial charge in [-0.15, -0.1) is 0 Å². The Morgan fingerprint density at radius 3 is 2.81 bits per heavy atom. The molecule has 0 saturated heterocycles. The molecule has 0 radical (unpaired) electrons. The highest BCUT2D eigenvalue weighted by molar-refractivity contribution is 5.78. The molecule has 0 fully saturated rings. The first-order valence-corrected chi connectivity index (χ1v) is 7.27. The van der Waals surface area contributed by atoms with Crippen LogP contribution in [0.2, 0.25) is 0 Å². The minimum Gasteiger partial charge on any atom is -0.493 e. The molecule has 0 saturated carbocycles. The summed E-state index contributed by atoms with van der Waals surface area (Å²) in [6.07, 6.45) is 4.76. The first-order valence-electron chi connectivity index (χ1n) is 7.27. The second kappa shape index (κ2) is 5.91. The second-order valence-corrected chi connectivity index (χ2v) is 5.13. The average Bonchev–Trinajstić information content (AvgIpc) is 3.05. The van der Waals surface area contributed by atoms with Crippen LogP contribution >= 0.6 is 0 Å². The van der Waals surface area contributed by atoms with E-state index < -0.39 is 0 Å². The van der Waals surface area contributed by atoms with Crippen molar-refractivity contribution in [1.82, 2.24) is 15.2 Å². The molecule has 3 aromatic rings. The molecule has 5 nitrogen and oxygen atoms in total. The molecule has 0 unspecified atom stereocenters. The summed E-state index contributed by atoms with van der Waals surface area (Å²) in [5.74, 6) is 0.915. The lowest BCUT2D eigenvalue weighted by molar-refractivity contribution is 0.307. The normalized spacial score (nSPS) is 11.1. The maximum Gasteiger partial charge on any atom is 0.288 e. The fraction of sp³-hybridized carbons (Fsp3) is 0.312. The van der Waals surface area contributed by atoms with Crippen molar-refractivity contribution in [3.8, 4) is 5.75 Å². The number of hydrogen-bond donors (Lipinski definition) is 3. The van der Waals surface area contributed by atoms with E-state index in [2.05, 4.69) is 28.2 Å². The highest BCUT2D eigenvalue weighted by atomic mass is 16.5. The van der Waals surface area contributed by atoms with Crippen LogP contribution in [0.4, 0.5) is 0 Å². The van der Waals surface area contributed by atoms with Gasteiger partial charge in [-0.25, -0.2) is 0 Å². The molecular weight excluding hydrogens is 266 g/mol. The summed E-state index contributed by atoms with van der Waals surface area (Å²) in [7, 11) is 0. The van der Waals surface area contributed by atoms with Crippen LogP contribution in [0.1, 0.15) is 30.9 Å². The Hall–Kier alpha value is -2.43. The van der Waals surface area contributed by atoms with Crippen LogP contribution in [-0.4, -0.2) is 21.8 Å². The molecule has 3 rings (SSSR count). The van der Waals surface area contributed by atoms with E-state index >= 15 is 0 Å². The van der Waals surface area contributed by atoms with Crippen molar-refractivity contribution >= 4 is 11.0 Å². The molecule has 3 N–H and O–H groups in total. The molecule has 21 heavy (non-hydrogen) atoms. The van der Waals surface area contributed by atoms with Gasteiger partial charge in [-0.1, -0.05) is 31.5 Å². The van der Waals surface area contributed by atoms with Crippen molar-refractivity contribution < 1.29 is 4.74 Å². The summed E-state index contributed by atoms with van der Waals surface area (Å²) in [5.41, 5.74) is 3.48. The van der Waals surface area contributed by atoms with E-state index in [1.807, 2.05) is 24.4 Å². The molecule has 0 aliphatic heterocycles. The predicted octanol–water partition coefficient (Wildman–Crippen LogP) is 2.95. The van der Waals surface area contributed by atoms with Gasteiger partial charge in [0.25, 0.3) is 5.56 Å². The van der Waals surface area contributed by atoms with Gasteiger partial charge in [-0.05, 0) is 23.6 Å². The van der Waals surface area contributed by atoms with E-state index in [0.29, 0.717) is 5.52 Å². The Morgan fingerprint density at radius 2 is 1.95 bits per heavy atom. The van der Waals surface area contributed by atoms with Gasteiger partial charge in [-0.3, -0.25) is 15.0 Å². The SMILES string of the molecule is CCCCOc1ccccc1Cc1c[nH]c2c(=O)[nH][nH]c12. The number of ether oxygens (including phenoxy) is 1. The van der Waals surface area contributed by atoms with Crippen LogP contribution in [0.5, 0.6) is 5.75 Å². The molecular formula is C16H19N3O2. The first kappa shape index (κ1) is 13.5. The molecule has 0 aliphatic carbocycles. The van der Waals surface area contributed by atoms with E-state index in [-0.39, 0.29) is 5.56 Å². The van der Waals surface area contributed by atoms with Crippen LogP contribution in [0.3, 0.4) is 0 Å². The number of fused-ring (bicyclic) bond motifs is 1. The van der Waals surface area contributed by atoms with Gasteiger partial charge in [-0.2, -0.15) is 0 Å². The minimum absolute atomic E-state index is 0.122. The third kappa shape index (κ3) is 2.72. The van der Waals surface area contributed by atoms with Gasteiger partial charge in [0.05, 0.1) is 12.1 Å². The van der Waals surface area contributed by atoms with E-state index in [4.69, 9.17) is 4.74 Å². The summed E-state index contributed by atoms with van der Waals surface area (Å²) in [6.45, 7) is 2.88. The van der Waals surface area contributed by atoms with Gasteiger partial charge < -0.3 is 9.72 Å². The molecule has 0 bridgehead atoms. The molecule has 5 heteroatoms. The Balaban J connectivity index is 1.85. The fourth-order valence-electron chi connectivity index (χ4n) is 2.43. The molecule has 1 aromatic carbocycles.